The van der Waals surface area contributed by atoms with Gasteiger partial charge < -0.3 is 9.64 Å². The van der Waals surface area contributed by atoms with Crippen molar-refractivity contribution in [3.63, 3.8) is 0 Å². The van der Waals surface area contributed by atoms with E-state index in [4.69, 9.17) is 4.74 Å². The molecule has 1 amide bonds. The van der Waals surface area contributed by atoms with Gasteiger partial charge in [-0.1, -0.05) is 41.6 Å². The Bertz CT molecular complexity index is 1030. The highest BCUT2D eigenvalue weighted by molar-refractivity contribution is 6.01. The largest absolute Gasteiger partial charge is 0.370 e. The molecule has 2 aliphatic heterocycles. The molecular formula is C21H19FN4O2. The number of benzene rings is 2. The van der Waals surface area contributed by atoms with Crippen LogP contribution in [0.15, 0.2) is 54.7 Å². The molecular weight excluding hydrogens is 359 g/mol. The molecule has 2 aliphatic rings. The van der Waals surface area contributed by atoms with Gasteiger partial charge >= 0.3 is 0 Å². The molecule has 1 saturated heterocycles. The first-order valence-corrected chi connectivity index (χ1v) is 9.36. The highest BCUT2D eigenvalue weighted by Crippen LogP contribution is 2.32. The van der Waals surface area contributed by atoms with Gasteiger partial charge in [0.15, 0.2) is 0 Å². The van der Waals surface area contributed by atoms with Crippen LogP contribution < -0.4 is 0 Å². The van der Waals surface area contributed by atoms with Crippen molar-refractivity contribution >= 4 is 5.91 Å². The van der Waals surface area contributed by atoms with Gasteiger partial charge in [-0.2, -0.15) is 0 Å². The minimum absolute atomic E-state index is 0.0278. The molecule has 0 saturated carbocycles. The van der Waals surface area contributed by atoms with Crippen LogP contribution in [0, 0.1) is 5.82 Å². The molecule has 28 heavy (non-hydrogen) atoms. The smallest absolute Gasteiger partial charge is 0.254 e. The lowest BCUT2D eigenvalue weighted by Gasteiger charge is -2.41. The molecule has 1 fully saturated rings. The van der Waals surface area contributed by atoms with Crippen LogP contribution in [0.3, 0.4) is 0 Å². The first-order valence-electron chi connectivity index (χ1n) is 9.36. The zero-order chi connectivity index (χ0) is 19.1. The van der Waals surface area contributed by atoms with Crippen molar-refractivity contribution in [2.45, 2.75) is 25.2 Å². The average Bonchev–Trinajstić information content (AvgIpc) is 3.23. The predicted octanol–water partition coefficient (Wildman–Crippen LogP) is 3.07. The first-order chi connectivity index (χ1) is 13.7. The minimum atomic E-state index is -0.339. The Kier molecular flexibility index (Phi) is 4.16. The Labute approximate surface area is 161 Å². The summed E-state index contributed by atoms with van der Waals surface area (Å²) >= 11 is 0. The second-order valence-electron chi connectivity index (χ2n) is 7.15. The van der Waals surface area contributed by atoms with E-state index in [9.17, 15) is 9.18 Å². The number of carbonyl (C=O) groups is 1. The number of rotatable bonds is 2. The Morgan fingerprint density at radius 2 is 1.89 bits per heavy atom. The van der Waals surface area contributed by atoms with Crippen molar-refractivity contribution in [3.8, 4) is 11.1 Å². The van der Waals surface area contributed by atoms with Crippen molar-refractivity contribution in [1.82, 2.24) is 19.9 Å². The van der Waals surface area contributed by atoms with Gasteiger partial charge in [0, 0.05) is 24.2 Å². The SMILES string of the molecule is O=C(c1ccccc1-c1ccccc1F)N1CC[C@@H]2OCc3cnnn3[C@@H]2C1. The highest BCUT2D eigenvalue weighted by Gasteiger charge is 2.38. The van der Waals surface area contributed by atoms with E-state index in [-0.39, 0.29) is 23.9 Å². The van der Waals surface area contributed by atoms with Gasteiger partial charge in [-0.25, -0.2) is 9.07 Å². The van der Waals surface area contributed by atoms with Crippen molar-refractivity contribution < 1.29 is 13.9 Å². The zero-order valence-corrected chi connectivity index (χ0v) is 15.2. The molecule has 0 spiro atoms. The number of carbonyl (C=O) groups excluding carboxylic acids is 1. The fraction of sp³-hybridized carbons (Fsp3) is 0.286. The van der Waals surface area contributed by atoms with Crippen LogP contribution in [0.5, 0.6) is 0 Å². The van der Waals surface area contributed by atoms with Crippen molar-refractivity contribution in [2.75, 3.05) is 13.1 Å². The van der Waals surface area contributed by atoms with Crippen LogP contribution in [0.25, 0.3) is 11.1 Å². The molecule has 2 atom stereocenters. The fourth-order valence-electron chi connectivity index (χ4n) is 4.12. The number of aromatic nitrogens is 3. The summed E-state index contributed by atoms with van der Waals surface area (Å²) < 4.78 is 22.1. The third-order valence-electron chi connectivity index (χ3n) is 5.54. The number of halogens is 1. The summed E-state index contributed by atoms with van der Waals surface area (Å²) in [4.78, 5) is 15.2. The van der Waals surface area contributed by atoms with Crippen LogP contribution in [-0.4, -0.2) is 45.0 Å². The fourth-order valence-corrected chi connectivity index (χ4v) is 4.12. The Hall–Kier alpha value is -3.06. The second kappa shape index (κ2) is 6.83. The maximum atomic E-state index is 14.4. The number of hydrogen-bond donors (Lipinski definition) is 0. The normalized spacial score (nSPS) is 21.1. The molecule has 7 heteroatoms. The Morgan fingerprint density at radius 1 is 1.11 bits per heavy atom. The Balaban J connectivity index is 1.47. The van der Waals surface area contributed by atoms with Crippen LogP contribution in [0.1, 0.15) is 28.5 Å². The van der Waals surface area contributed by atoms with Crippen LogP contribution in [-0.2, 0) is 11.3 Å². The molecule has 3 heterocycles. The lowest BCUT2D eigenvalue weighted by atomic mass is 9.96. The molecule has 0 bridgehead atoms. The maximum Gasteiger partial charge on any atom is 0.254 e. The maximum absolute atomic E-state index is 14.4. The molecule has 142 valence electrons. The molecule has 0 radical (unpaired) electrons. The van der Waals surface area contributed by atoms with Gasteiger partial charge in [0.05, 0.1) is 30.6 Å². The zero-order valence-electron chi connectivity index (χ0n) is 15.2. The van der Waals surface area contributed by atoms with Crippen LogP contribution >= 0.6 is 0 Å². The monoisotopic (exact) mass is 378 g/mol. The highest BCUT2D eigenvalue weighted by atomic mass is 19.1. The van der Waals surface area contributed by atoms with Gasteiger partial charge in [-0.15, -0.1) is 5.10 Å². The predicted molar refractivity (Wildman–Crippen MR) is 100.0 cm³/mol. The number of likely N-dealkylation sites (tertiary alicyclic amines) is 1. The molecule has 0 unspecified atom stereocenters. The van der Waals surface area contributed by atoms with E-state index >= 15 is 0 Å². The number of amides is 1. The second-order valence-corrected chi connectivity index (χ2v) is 7.15. The summed E-state index contributed by atoms with van der Waals surface area (Å²) in [6.45, 7) is 1.58. The lowest BCUT2D eigenvalue weighted by molar-refractivity contribution is -0.0604. The van der Waals surface area contributed by atoms with E-state index in [2.05, 4.69) is 10.3 Å². The average molecular weight is 378 g/mol. The third kappa shape index (κ3) is 2.79. The van der Waals surface area contributed by atoms with Crippen LogP contribution in [0.4, 0.5) is 4.39 Å². The van der Waals surface area contributed by atoms with Gasteiger partial charge in [-0.05, 0) is 24.1 Å². The van der Waals surface area contributed by atoms with Gasteiger partial charge in [0.2, 0.25) is 0 Å². The van der Waals surface area contributed by atoms with Gasteiger partial charge in [-0.3, -0.25) is 4.79 Å². The number of nitrogens with zero attached hydrogens (tertiary/aromatic N) is 4. The van der Waals surface area contributed by atoms with E-state index in [0.717, 1.165) is 12.1 Å². The van der Waals surface area contributed by atoms with E-state index in [0.29, 0.717) is 36.4 Å². The van der Waals surface area contributed by atoms with Crippen molar-refractivity contribution in [3.05, 3.63) is 71.8 Å². The van der Waals surface area contributed by atoms with E-state index in [1.165, 1.54) is 6.07 Å². The van der Waals surface area contributed by atoms with Gasteiger partial charge in [0.1, 0.15) is 5.82 Å². The molecule has 6 nitrogen and oxygen atoms in total. The molecule has 0 aliphatic carbocycles. The molecule has 2 aromatic carbocycles. The van der Waals surface area contributed by atoms with Crippen LogP contribution in [0.2, 0.25) is 0 Å². The van der Waals surface area contributed by atoms with Crippen molar-refractivity contribution in [2.24, 2.45) is 0 Å². The summed E-state index contributed by atoms with van der Waals surface area (Å²) in [6, 6.07) is 13.7. The summed E-state index contributed by atoms with van der Waals surface area (Å²) in [7, 11) is 0. The summed E-state index contributed by atoms with van der Waals surface area (Å²) in [5.74, 6) is -0.445. The Morgan fingerprint density at radius 3 is 2.75 bits per heavy atom. The number of ether oxygens (including phenoxy) is 1. The van der Waals surface area contributed by atoms with Gasteiger partial charge in [0.25, 0.3) is 5.91 Å². The third-order valence-corrected chi connectivity index (χ3v) is 5.54. The summed E-state index contributed by atoms with van der Waals surface area (Å²) in [5, 5.41) is 8.16. The summed E-state index contributed by atoms with van der Waals surface area (Å²) in [6.07, 6.45) is 2.46. The number of piperidine rings is 1. The molecule has 3 aromatic rings. The van der Waals surface area contributed by atoms with E-state index in [1.807, 2.05) is 16.8 Å². The topological polar surface area (TPSA) is 60.3 Å². The quantitative estimate of drug-likeness (QED) is 0.688. The minimum Gasteiger partial charge on any atom is -0.370 e. The van der Waals surface area contributed by atoms with Crippen molar-refractivity contribution in [1.29, 1.82) is 0 Å². The number of hydrogen-bond acceptors (Lipinski definition) is 4. The molecule has 0 N–H and O–H groups in total. The summed E-state index contributed by atoms with van der Waals surface area (Å²) in [5.41, 5.74) is 2.46. The molecule has 5 rings (SSSR count). The molecule has 1 aromatic heterocycles. The first kappa shape index (κ1) is 17.1. The lowest BCUT2D eigenvalue weighted by Crippen LogP contribution is -2.50. The number of fused-ring (bicyclic) bond motifs is 3. The van der Waals surface area contributed by atoms with E-state index in [1.54, 1.807) is 41.4 Å². The van der Waals surface area contributed by atoms with E-state index < -0.39 is 0 Å². The standard InChI is InChI=1S/C21H19FN4O2/c22-18-8-4-3-6-16(18)15-5-1-2-7-17(15)21(27)25-10-9-20-19(12-25)26-14(13-28-20)11-23-24-26/h1-8,11,19-20H,9-10,12-13H2/t19-,20+/m1/s1.